The zero-order chi connectivity index (χ0) is 16.2. The highest BCUT2D eigenvalue weighted by Crippen LogP contribution is 2.22. The maximum absolute atomic E-state index is 6.03. The summed E-state index contributed by atoms with van der Waals surface area (Å²) >= 11 is 0. The summed E-state index contributed by atoms with van der Waals surface area (Å²) in [6.07, 6.45) is 10.1. The molecule has 0 bridgehead atoms. The molecule has 0 aliphatic carbocycles. The maximum atomic E-state index is 6.03. The van der Waals surface area contributed by atoms with Crippen molar-refractivity contribution in [1.29, 1.82) is 0 Å². The van der Waals surface area contributed by atoms with E-state index in [0.717, 1.165) is 38.1 Å². The van der Waals surface area contributed by atoms with E-state index in [9.17, 15) is 0 Å². The summed E-state index contributed by atoms with van der Waals surface area (Å²) in [4.78, 5) is 0. The van der Waals surface area contributed by atoms with E-state index in [0.29, 0.717) is 6.10 Å². The average Bonchev–Trinajstić information content (AvgIpc) is 2.58. The van der Waals surface area contributed by atoms with Gasteiger partial charge in [-0.1, -0.05) is 51.1 Å². The highest BCUT2D eigenvalue weighted by atomic mass is 16.5. The van der Waals surface area contributed by atoms with Crippen LogP contribution >= 0.6 is 0 Å². The van der Waals surface area contributed by atoms with Gasteiger partial charge in [-0.05, 0) is 62.5 Å². The molecular weight excluding hydrogens is 270 g/mol. The number of hydrogen-bond donors (Lipinski definition) is 1. The van der Waals surface area contributed by atoms with Crippen LogP contribution in [-0.4, -0.2) is 19.2 Å². The fourth-order valence-electron chi connectivity index (χ4n) is 2.51. The Morgan fingerprint density at radius 3 is 2.36 bits per heavy atom. The van der Waals surface area contributed by atoms with Crippen LogP contribution in [0.5, 0.6) is 5.75 Å². The topological polar surface area (TPSA) is 21.3 Å². The van der Waals surface area contributed by atoms with Gasteiger partial charge in [-0.2, -0.15) is 0 Å². The van der Waals surface area contributed by atoms with E-state index in [4.69, 9.17) is 4.74 Å². The third-order valence-electron chi connectivity index (χ3n) is 3.55. The van der Waals surface area contributed by atoms with Crippen LogP contribution in [0.1, 0.15) is 52.5 Å². The lowest BCUT2D eigenvalue weighted by Gasteiger charge is -2.23. The Morgan fingerprint density at radius 2 is 1.82 bits per heavy atom. The monoisotopic (exact) mass is 301 g/mol. The van der Waals surface area contributed by atoms with Gasteiger partial charge in [0.05, 0.1) is 0 Å². The molecule has 1 aromatic carbocycles. The van der Waals surface area contributed by atoms with Crippen LogP contribution in [0.25, 0.3) is 5.57 Å². The summed E-state index contributed by atoms with van der Waals surface area (Å²) in [7, 11) is 0. The highest BCUT2D eigenvalue weighted by molar-refractivity contribution is 5.74. The molecule has 2 nitrogen and oxygen atoms in total. The smallest absolute Gasteiger partial charge is 0.119 e. The van der Waals surface area contributed by atoms with Crippen molar-refractivity contribution in [3.63, 3.8) is 0 Å². The van der Waals surface area contributed by atoms with Gasteiger partial charge in [0, 0.05) is 0 Å². The lowest BCUT2D eigenvalue weighted by molar-refractivity contribution is 0.162. The Labute approximate surface area is 136 Å². The molecule has 1 N–H and O–H groups in total. The second-order valence-electron chi connectivity index (χ2n) is 5.16. The third kappa shape index (κ3) is 6.07. The van der Waals surface area contributed by atoms with E-state index in [2.05, 4.69) is 61.7 Å². The first-order valence-corrected chi connectivity index (χ1v) is 8.64. The number of hydrogen-bond acceptors (Lipinski definition) is 2. The Kier molecular flexibility index (Phi) is 9.33. The molecule has 1 saturated heterocycles. The number of benzene rings is 1. The number of allylic oxidation sites excluding steroid dienone is 4. The number of piperidine rings is 1. The summed E-state index contributed by atoms with van der Waals surface area (Å²) < 4.78 is 6.03. The van der Waals surface area contributed by atoms with Crippen LogP contribution in [0.15, 0.2) is 42.5 Å². The number of rotatable bonds is 5. The quantitative estimate of drug-likeness (QED) is 0.753. The second-order valence-corrected chi connectivity index (χ2v) is 5.16. The highest BCUT2D eigenvalue weighted by Gasteiger charge is 2.14. The third-order valence-corrected chi connectivity index (χ3v) is 3.55. The van der Waals surface area contributed by atoms with Gasteiger partial charge in [-0.25, -0.2) is 0 Å². The van der Waals surface area contributed by atoms with E-state index >= 15 is 0 Å². The minimum absolute atomic E-state index is 0.364. The molecule has 2 rings (SSSR count). The van der Waals surface area contributed by atoms with Crippen LogP contribution in [0, 0.1) is 0 Å². The van der Waals surface area contributed by atoms with Crippen LogP contribution in [0.2, 0.25) is 0 Å². The first kappa shape index (κ1) is 18.5. The Morgan fingerprint density at radius 1 is 1.18 bits per heavy atom. The normalized spacial score (nSPS) is 16.3. The van der Waals surface area contributed by atoms with Crippen molar-refractivity contribution >= 4 is 5.57 Å². The fourth-order valence-corrected chi connectivity index (χ4v) is 2.51. The van der Waals surface area contributed by atoms with Crippen LogP contribution in [-0.2, 0) is 0 Å². The first-order valence-electron chi connectivity index (χ1n) is 8.64. The van der Waals surface area contributed by atoms with E-state index in [1.807, 2.05) is 13.8 Å². The standard InChI is InChI=1S/C18H25NO.C2H6/c1-3-5-15(6-4-2)16-7-9-17(10-8-16)20-18-11-13-19-14-12-18;1-2/h3,5-10,18-19H,4,11-14H2,1-2H3;1-2H3/b5-3-,15-6+;. The maximum Gasteiger partial charge on any atom is 0.119 e. The molecule has 1 aliphatic rings. The largest absolute Gasteiger partial charge is 0.490 e. The molecular formula is C20H31NO. The van der Waals surface area contributed by atoms with E-state index < -0.39 is 0 Å². The van der Waals surface area contributed by atoms with Crippen molar-refractivity contribution in [2.75, 3.05) is 13.1 Å². The lowest BCUT2D eigenvalue weighted by atomic mass is 10.0. The molecule has 0 amide bonds. The zero-order valence-electron chi connectivity index (χ0n) is 14.6. The molecule has 2 heteroatoms. The van der Waals surface area contributed by atoms with Crippen molar-refractivity contribution in [3.8, 4) is 5.75 Å². The van der Waals surface area contributed by atoms with Crippen molar-refractivity contribution in [3.05, 3.63) is 48.1 Å². The molecule has 1 aliphatic heterocycles. The molecule has 0 spiro atoms. The summed E-state index contributed by atoms with van der Waals surface area (Å²) in [5.41, 5.74) is 2.53. The fraction of sp³-hybridized carbons (Fsp3) is 0.500. The van der Waals surface area contributed by atoms with Gasteiger partial charge < -0.3 is 10.1 Å². The van der Waals surface area contributed by atoms with Gasteiger partial charge in [0.25, 0.3) is 0 Å². The van der Waals surface area contributed by atoms with Crippen LogP contribution < -0.4 is 10.1 Å². The van der Waals surface area contributed by atoms with Crippen molar-refractivity contribution in [1.82, 2.24) is 5.32 Å². The predicted octanol–water partition coefficient (Wildman–Crippen LogP) is 5.21. The SMILES string of the molecule is C/C=C\C(=C/CC)c1ccc(OC2CCNCC2)cc1.CC. The Hall–Kier alpha value is -1.54. The van der Waals surface area contributed by atoms with Gasteiger partial charge in [-0.3, -0.25) is 0 Å². The number of nitrogens with one attached hydrogen (secondary N) is 1. The molecule has 1 fully saturated rings. The second kappa shape index (κ2) is 11.1. The van der Waals surface area contributed by atoms with Crippen molar-refractivity contribution < 1.29 is 4.74 Å². The summed E-state index contributed by atoms with van der Waals surface area (Å²) in [6.45, 7) is 10.3. The molecule has 0 radical (unpaired) electrons. The van der Waals surface area contributed by atoms with Crippen molar-refractivity contribution in [2.45, 2.75) is 53.1 Å². The van der Waals surface area contributed by atoms with Gasteiger partial charge >= 0.3 is 0 Å². The predicted molar refractivity (Wildman–Crippen MR) is 97.4 cm³/mol. The summed E-state index contributed by atoms with van der Waals surface area (Å²) in [5, 5.41) is 3.36. The molecule has 22 heavy (non-hydrogen) atoms. The Balaban J connectivity index is 0.00000116. The van der Waals surface area contributed by atoms with Gasteiger partial charge in [0.15, 0.2) is 0 Å². The van der Waals surface area contributed by atoms with E-state index in [-0.39, 0.29) is 0 Å². The molecule has 1 heterocycles. The van der Waals surface area contributed by atoms with Gasteiger partial charge in [-0.15, -0.1) is 0 Å². The van der Waals surface area contributed by atoms with Gasteiger partial charge in [0.2, 0.25) is 0 Å². The number of ether oxygens (including phenoxy) is 1. The first-order chi connectivity index (χ1) is 10.8. The van der Waals surface area contributed by atoms with E-state index in [1.165, 1.54) is 11.1 Å². The summed E-state index contributed by atoms with van der Waals surface area (Å²) in [6, 6.07) is 8.48. The van der Waals surface area contributed by atoms with Crippen molar-refractivity contribution in [2.24, 2.45) is 0 Å². The van der Waals surface area contributed by atoms with Crippen LogP contribution in [0.4, 0.5) is 0 Å². The van der Waals surface area contributed by atoms with Crippen LogP contribution in [0.3, 0.4) is 0 Å². The average molecular weight is 301 g/mol. The van der Waals surface area contributed by atoms with E-state index in [1.54, 1.807) is 0 Å². The molecule has 1 aromatic rings. The molecule has 0 atom stereocenters. The zero-order valence-corrected chi connectivity index (χ0v) is 14.6. The molecule has 0 unspecified atom stereocenters. The minimum Gasteiger partial charge on any atom is -0.490 e. The Bertz CT molecular complexity index is 453. The molecule has 0 saturated carbocycles. The minimum atomic E-state index is 0.364. The summed E-state index contributed by atoms with van der Waals surface area (Å²) in [5.74, 6) is 0.983. The van der Waals surface area contributed by atoms with Gasteiger partial charge in [0.1, 0.15) is 11.9 Å². The lowest BCUT2D eigenvalue weighted by Crippen LogP contribution is -2.34. The molecule has 122 valence electrons. The molecule has 0 aromatic heterocycles.